The molecular weight excluding hydrogens is 667 g/mol. The van der Waals surface area contributed by atoms with Crippen LogP contribution in [0, 0.1) is 6.92 Å². The van der Waals surface area contributed by atoms with E-state index in [4.69, 9.17) is 19.2 Å². The van der Waals surface area contributed by atoms with Crippen LogP contribution in [-0.2, 0) is 18.0 Å². The molecule has 8 aromatic rings. The summed E-state index contributed by atoms with van der Waals surface area (Å²) in [6.07, 6.45) is 1.43. The SMILES string of the molecule is Cc1c2ccccc2cc2c1ccc1c(OCc3ccccc3)c(OCc3ccccc3)cc(Nc3ncnc4c3ncn4[C@H]3C[C@H](O)[C@@H](CO)O3)c12. The van der Waals surface area contributed by atoms with Gasteiger partial charge in [0.25, 0.3) is 0 Å². The Labute approximate surface area is 305 Å². The molecule has 0 aliphatic carbocycles. The second-order valence-electron chi connectivity index (χ2n) is 13.4. The van der Waals surface area contributed by atoms with Crippen LogP contribution in [0.25, 0.3) is 43.5 Å². The molecule has 0 spiro atoms. The minimum Gasteiger partial charge on any atom is -0.485 e. The lowest BCUT2D eigenvalue weighted by molar-refractivity contribution is -0.0432. The minimum atomic E-state index is -0.794. The third-order valence-electron chi connectivity index (χ3n) is 10.1. The van der Waals surface area contributed by atoms with Crippen LogP contribution >= 0.6 is 0 Å². The Kier molecular flexibility index (Phi) is 8.55. The van der Waals surface area contributed by atoms with Crippen molar-refractivity contribution in [3.8, 4) is 11.5 Å². The van der Waals surface area contributed by atoms with Crippen molar-refractivity contribution in [2.24, 2.45) is 0 Å². The smallest absolute Gasteiger partial charge is 0.169 e. The predicted octanol–water partition coefficient (Wildman–Crippen LogP) is 8.14. The van der Waals surface area contributed by atoms with E-state index >= 15 is 0 Å². The van der Waals surface area contributed by atoms with Gasteiger partial charge < -0.3 is 29.7 Å². The molecule has 2 aromatic heterocycles. The van der Waals surface area contributed by atoms with Crippen LogP contribution in [0.5, 0.6) is 11.5 Å². The van der Waals surface area contributed by atoms with Crippen LogP contribution in [0.1, 0.15) is 29.3 Å². The Bertz CT molecular complexity index is 2600. The van der Waals surface area contributed by atoms with Crippen molar-refractivity contribution in [2.75, 3.05) is 11.9 Å². The van der Waals surface area contributed by atoms with Crippen molar-refractivity contribution in [2.45, 2.75) is 45.0 Å². The first-order valence-electron chi connectivity index (χ1n) is 17.7. The fraction of sp³-hybridized carbons (Fsp3) is 0.186. The lowest BCUT2D eigenvalue weighted by Crippen LogP contribution is -2.24. The van der Waals surface area contributed by atoms with Gasteiger partial charge in [0, 0.05) is 23.3 Å². The molecule has 3 N–H and O–H groups in total. The number of anilines is 2. The number of ether oxygens (including phenoxy) is 3. The number of rotatable bonds is 10. The molecule has 3 atom stereocenters. The number of imidazole rings is 1. The number of benzene rings is 6. The molecule has 1 fully saturated rings. The molecule has 264 valence electrons. The van der Waals surface area contributed by atoms with E-state index in [2.05, 4.69) is 64.7 Å². The summed E-state index contributed by atoms with van der Waals surface area (Å²) < 4.78 is 21.0. The lowest BCUT2D eigenvalue weighted by Gasteiger charge is -2.21. The summed E-state index contributed by atoms with van der Waals surface area (Å²) in [5, 5.41) is 30.1. The van der Waals surface area contributed by atoms with E-state index in [1.807, 2.05) is 66.7 Å². The number of hydrogen-bond donors (Lipinski definition) is 3. The quantitative estimate of drug-likeness (QED) is 0.0957. The van der Waals surface area contributed by atoms with E-state index in [0.29, 0.717) is 48.1 Å². The second kappa shape index (κ2) is 13.8. The zero-order valence-corrected chi connectivity index (χ0v) is 29.0. The molecule has 0 bridgehead atoms. The number of fused-ring (bicyclic) bond motifs is 5. The van der Waals surface area contributed by atoms with Crippen molar-refractivity contribution in [1.82, 2.24) is 19.5 Å². The Morgan fingerprint density at radius 2 is 1.51 bits per heavy atom. The monoisotopic (exact) mass is 703 g/mol. The topological polar surface area (TPSA) is 124 Å². The molecule has 0 radical (unpaired) electrons. The average Bonchev–Trinajstić information content (AvgIpc) is 3.81. The van der Waals surface area contributed by atoms with Crippen molar-refractivity contribution in [1.29, 1.82) is 0 Å². The third-order valence-corrected chi connectivity index (χ3v) is 10.1. The fourth-order valence-electron chi connectivity index (χ4n) is 7.39. The number of aliphatic hydroxyl groups is 2. The van der Waals surface area contributed by atoms with Gasteiger partial charge in [0.15, 0.2) is 28.5 Å². The van der Waals surface area contributed by atoms with Gasteiger partial charge in [-0.15, -0.1) is 0 Å². The summed E-state index contributed by atoms with van der Waals surface area (Å²) in [4.78, 5) is 13.9. The lowest BCUT2D eigenvalue weighted by atomic mass is 9.93. The van der Waals surface area contributed by atoms with E-state index in [0.717, 1.165) is 43.7 Å². The third kappa shape index (κ3) is 6.06. The van der Waals surface area contributed by atoms with Crippen LogP contribution in [0.3, 0.4) is 0 Å². The molecule has 1 aliphatic rings. The van der Waals surface area contributed by atoms with Gasteiger partial charge in [-0.3, -0.25) is 4.57 Å². The number of nitrogens with one attached hydrogen (secondary N) is 1. The summed E-state index contributed by atoms with van der Waals surface area (Å²) in [5.41, 5.74) is 5.09. The first kappa shape index (κ1) is 32.8. The van der Waals surface area contributed by atoms with Gasteiger partial charge in [-0.1, -0.05) is 91.0 Å². The van der Waals surface area contributed by atoms with Crippen LogP contribution in [0.2, 0.25) is 0 Å². The number of aromatic nitrogens is 4. The van der Waals surface area contributed by atoms with Gasteiger partial charge >= 0.3 is 0 Å². The van der Waals surface area contributed by atoms with E-state index < -0.39 is 18.4 Å². The molecule has 3 heterocycles. The summed E-state index contributed by atoms with van der Waals surface area (Å²) in [6.45, 7) is 2.59. The molecule has 1 saturated heterocycles. The predicted molar refractivity (Wildman–Crippen MR) is 205 cm³/mol. The van der Waals surface area contributed by atoms with Gasteiger partial charge in [0.1, 0.15) is 31.9 Å². The molecular formula is C43H37N5O5. The van der Waals surface area contributed by atoms with Gasteiger partial charge in [-0.25, -0.2) is 15.0 Å². The fourth-order valence-corrected chi connectivity index (χ4v) is 7.39. The normalized spacial score (nSPS) is 17.2. The highest BCUT2D eigenvalue weighted by Gasteiger charge is 2.35. The first-order chi connectivity index (χ1) is 26.1. The second-order valence-corrected chi connectivity index (χ2v) is 13.4. The number of aliphatic hydroxyl groups excluding tert-OH is 2. The van der Waals surface area contributed by atoms with Crippen LogP contribution < -0.4 is 14.8 Å². The Morgan fingerprint density at radius 3 is 2.26 bits per heavy atom. The molecule has 9 rings (SSSR count). The van der Waals surface area contributed by atoms with Crippen LogP contribution in [0.4, 0.5) is 11.5 Å². The molecule has 6 aromatic carbocycles. The average molecular weight is 704 g/mol. The van der Waals surface area contributed by atoms with Crippen LogP contribution in [-0.4, -0.2) is 48.5 Å². The number of aryl methyl sites for hydroxylation is 1. The highest BCUT2D eigenvalue weighted by Crippen LogP contribution is 2.46. The van der Waals surface area contributed by atoms with Gasteiger partial charge in [0.05, 0.1) is 24.7 Å². The Hall–Kier alpha value is -6.07. The molecule has 0 amide bonds. The van der Waals surface area contributed by atoms with E-state index in [1.54, 1.807) is 10.9 Å². The Morgan fingerprint density at radius 1 is 0.792 bits per heavy atom. The van der Waals surface area contributed by atoms with E-state index in [1.165, 1.54) is 17.3 Å². The Balaban J connectivity index is 1.23. The maximum atomic E-state index is 10.4. The standard InChI is InChI=1S/C43H37N5O5/c1-26-30-15-9-8-14-29(30)18-33-31(26)16-17-32-39(33)34(47-42-40-43(45-24-44-42)48(25-46-40)38-20-35(50)37(21-49)53-38)19-36(51-22-27-10-4-2-5-11-27)41(32)52-23-28-12-6-3-7-13-28/h2-19,24-25,35,37-38,49-50H,20-23H2,1H3,(H,44,45,47)/t35-,37+,38+/m0/s1. The van der Waals surface area contributed by atoms with Gasteiger partial charge in [-0.2, -0.15) is 0 Å². The van der Waals surface area contributed by atoms with Crippen LogP contribution in [0.15, 0.2) is 122 Å². The summed E-state index contributed by atoms with van der Waals surface area (Å²) in [5.74, 6) is 1.72. The maximum Gasteiger partial charge on any atom is 0.169 e. The van der Waals surface area contributed by atoms with E-state index in [-0.39, 0.29) is 6.61 Å². The zero-order valence-electron chi connectivity index (χ0n) is 29.0. The molecule has 0 unspecified atom stereocenters. The minimum absolute atomic E-state index is 0.276. The van der Waals surface area contributed by atoms with Crippen molar-refractivity contribution >= 4 is 55.0 Å². The summed E-state index contributed by atoms with van der Waals surface area (Å²) in [6, 6.07) is 37.1. The molecule has 1 aliphatic heterocycles. The molecule has 10 heteroatoms. The number of nitrogens with zero attached hydrogens (tertiary/aromatic N) is 4. The molecule has 10 nitrogen and oxygen atoms in total. The van der Waals surface area contributed by atoms with Crippen molar-refractivity contribution in [3.05, 3.63) is 139 Å². The molecule has 53 heavy (non-hydrogen) atoms. The summed E-state index contributed by atoms with van der Waals surface area (Å²) >= 11 is 0. The van der Waals surface area contributed by atoms with E-state index in [9.17, 15) is 10.2 Å². The highest BCUT2D eigenvalue weighted by atomic mass is 16.5. The highest BCUT2D eigenvalue weighted by molar-refractivity contribution is 6.20. The maximum absolute atomic E-state index is 10.4. The molecule has 0 saturated carbocycles. The first-order valence-corrected chi connectivity index (χ1v) is 17.7. The number of hydrogen-bond acceptors (Lipinski definition) is 9. The largest absolute Gasteiger partial charge is 0.485 e. The zero-order chi connectivity index (χ0) is 35.9. The summed E-state index contributed by atoms with van der Waals surface area (Å²) in [7, 11) is 0. The van der Waals surface area contributed by atoms with Gasteiger partial charge in [0.2, 0.25) is 0 Å². The van der Waals surface area contributed by atoms with Crippen molar-refractivity contribution in [3.63, 3.8) is 0 Å². The van der Waals surface area contributed by atoms with Crippen molar-refractivity contribution < 1.29 is 24.4 Å². The van der Waals surface area contributed by atoms with Gasteiger partial charge in [-0.05, 0) is 57.3 Å².